The van der Waals surface area contributed by atoms with Gasteiger partial charge in [-0.05, 0) is 69.5 Å². The number of hydrogen-bond acceptors (Lipinski definition) is 5. The Kier molecular flexibility index (Phi) is 7.03. The third kappa shape index (κ3) is 5.06. The summed E-state index contributed by atoms with van der Waals surface area (Å²) in [4.78, 5) is 15.8. The van der Waals surface area contributed by atoms with Crippen LogP contribution in [0.15, 0.2) is 41.5 Å². The summed E-state index contributed by atoms with van der Waals surface area (Å²) < 4.78 is 11.1. The van der Waals surface area contributed by atoms with E-state index in [-0.39, 0.29) is 11.9 Å². The number of likely N-dealkylation sites (tertiary alicyclic amines) is 1. The molecular formula is C27H35N3O3. The number of amides is 1. The number of rotatable bonds is 6. The van der Waals surface area contributed by atoms with E-state index in [1.54, 1.807) is 19.2 Å². The molecule has 0 unspecified atom stereocenters. The second kappa shape index (κ2) is 9.96. The molecule has 0 bridgehead atoms. The first-order valence-electron chi connectivity index (χ1n) is 11.8. The molecule has 2 heterocycles. The van der Waals surface area contributed by atoms with Gasteiger partial charge in [0, 0.05) is 23.6 Å². The van der Waals surface area contributed by atoms with Crippen molar-refractivity contribution in [2.45, 2.75) is 46.1 Å². The van der Waals surface area contributed by atoms with Crippen LogP contribution in [-0.2, 0) is 4.79 Å². The zero-order valence-corrected chi connectivity index (χ0v) is 20.4. The minimum Gasteiger partial charge on any atom is -0.497 e. The maximum Gasteiger partial charge on any atom is 0.257 e. The highest BCUT2D eigenvalue weighted by molar-refractivity contribution is 6.04. The van der Waals surface area contributed by atoms with Crippen molar-refractivity contribution in [3.05, 3.63) is 58.7 Å². The largest absolute Gasteiger partial charge is 0.497 e. The monoisotopic (exact) mass is 449 g/mol. The van der Waals surface area contributed by atoms with Gasteiger partial charge in [0.15, 0.2) is 0 Å². The zero-order valence-electron chi connectivity index (χ0n) is 20.4. The summed E-state index contributed by atoms with van der Waals surface area (Å²) in [5.74, 6) is 2.20. The van der Waals surface area contributed by atoms with Crippen LogP contribution in [-0.4, -0.2) is 55.4 Å². The molecule has 0 saturated carbocycles. The van der Waals surface area contributed by atoms with Gasteiger partial charge in [0.2, 0.25) is 0 Å². The van der Waals surface area contributed by atoms with Gasteiger partial charge < -0.3 is 9.47 Å². The fourth-order valence-corrected chi connectivity index (χ4v) is 4.77. The Labute approximate surface area is 197 Å². The second-order valence-electron chi connectivity index (χ2n) is 9.39. The minimum absolute atomic E-state index is 0.0349. The van der Waals surface area contributed by atoms with Gasteiger partial charge >= 0.3 is 0 Å². The molecule has 1 fully saturated rings. The van der Waals surface area contributed by atoms with Crippen molar-refractivity contribution in [1.29, 1.82) is 0 Å². The number of benzene rings is 2. The van der Waals surface area contributed by atoms with Gasteiger partial charge in [-0.3, -0.25) is 9.69 Å². The quantitative estimate of drug-likeness (QED) is 0.640. The molecule has 0 aromatic heterocycles. The fraction of sp³-hybridized carbons (Fsp3) is 0.481. The van der Waals surface area contributed by atoms with Crippen molar-refractivity contribution in [2.24, 2.45) is 11.0 Å². The van der Waals surface area contributed by atoms with Crippen LogP contribution in [0.1, 0.15) is 54.5 Å². The maximum absolute atomic E-state index is 13.5. The number of carbonyl (C=O) groups excluding carboxylic acids is 1. The van der Waals surface area contributed by atoms with Crippen molar-refractivity contribution in [3.63, 3.8) is 0 Å². The Morgan fingerprint density at radius 2 is 1.82 bits per heavy atom. The molecule has 0 aliphatic carbocycles. The molecule has 2 aliphatic heterocycles. The Morgan fingerprint density at radius 1 is 1.06 bits per heavy atom. The van der Waals surface area contributed by atoms with Crippen LogP contribution in [0.25, 0.3) is 0 Å². The van der Waals surface area contributed by atoms with E-state index in [1.165, 1.54) is 11.1 Å². The number of aryl methyl sites for hydroxylation is 2. The first kappa shape index (κ1) is 23.3. The van der Waals surface area contributed by atoms with Gasteiger partial charge in [-0.25, -0.2) is 5.01 Å². The van der Waals surface area contributed by atoms with Crippen molar-refractivity contribution in [2.75, 3.05) is 33.9 Å². The van der Waals surface area contributed by atoms with Crippen LogP contribution in [0.4, 0.5) is 0 Å². The molecule has 6 nitrogen and oxygen atoms in total. The fourth-order valence-electron chi connectivity index (χ4n) is 4.77. The van der Waals surface area contributed by atoms with Gasteiger partial charge in [-0.15, -0.1) is 0 Å². The standard InChI is InChI=1S/C27H35N3O3/c1-18-10-12-29(13-11-18)17-27(31)30-25(22-9-8-21(32-4)15-26(22)33-5)16-24(28-30)23-14-19(2)6-7-20(23)3/h6-9,14-15,18,25H,10-13,16-17H2,1-5H3/t25-/m0/s1. The summed E-state index contributed by atoms with van der Waals surface area (Å²) in [5.41, 5.74) is 5.35. The molecule has 2 aliphatic rings. The van der Waals surface area contributed by atoms with E-state index >= 15 is 0 Å². The lowest BCUT2D eigenvalue weighted by atomic mass is 9.94. The van der Waals surface area contributed by atoms with Crippen LogP contribution >= 0.6 is 0 Å². The third-order valence-electron chi connectivity index (χ3n) is 6.90. The Hall–Kier alpha value is -2.86. The molecule has 1 saturated heterocycles. The second-order valence-corrected chi connectivity index (χ2v) is 9.39. The predicted molar refractivity (Wildman–Crippen MR) is 131 cm³/mol. The zero-order chi connectivity index (χ0) is 23.5. The molecule has 176 valence electrons. The Balaban J connectivity index is 1.67. The maximum atomic E-state index is 13.5. The molecule has 2 aromatic carbocycles. The van der Waals surface area contributed by atoms with Crippen LogP contribution in [0, 0.1) is 19.8 Å². The molecule has 4 rings (SSSR count). The lowest BCUT2D eigenvalue weighted by molar-refractivity contribution is -0.134. The molecule has 0 radical (unpaired) electrons. The van der Waals surface area contributed by atoms with Crippen molar-refractivity contribution in [1.82, 2.24) is 9.91 Å². The van der Waals surface area contributed by atoms with Gasteiger partial charge in [0.1, 0.15) is 11.5 Å². The van der Waals surface area contributed by atoms with Crippen LogP contribution < -0.4 is 9.47 Å². The molecule has 33 heavy (non-hydrogen) atoms. The highest BCUT2D eigenvalue weighted by Gasteiger charge is 2.36. The summed E-state index contributed by atoms with van der Waals surface area (Å²) >= 11 is 0. The van der Waals surface area contributed by atoms with E-state index in [0.717, 1.165) is 54.4 Å². The van der Waals surface area contributed by atoms with E-state index in [2.05, 4.69) is 43.9 Å². The number of hydrogen-bond donors (Lipinski definition) is 0. The average Bonchev–Trinajstić information content (AvgIpc) is 3.26. The van der Waals surface area contributed by atoms with Gasteiger partial charge in [0.25, 0.3) is 5.91 Å². The van der Waals surface area contributed by atoms with E-state index in [1.807, 2.05) is 18.2 Å². The molecule has 2 aromatic rings. The number of methoxy groups -OCH3 is 2. The summed E-state index contributed by atoms with van der Waals surface area (Å²) in [6.45, 7) is 8.79. The van der Waals surface area contributed by atoms with Crippen LogP contribution in [0.5, 0.6) is 11.5 Å². The van der Waals surface area contributed by atoms with E-state index in [4.69, 9.17) is 14.6 Å². The first-order chi connectivity index (χ1) is 15.9. The molecule has 6 heteroatoms. The van der Waals surface area contributed by atoms with Crippen LogP contribution in [0.2, 0.25) is 0 Å². The third-order valence-corrected chi connectivity index (χ3v) is 6.90. The first-order valence-corrected chi connectivity index (χ1v) is 11.8. The number of carbonyl (C=O) groups is 1. The molecule has 1 atom stereocenters. The Morgan fingerprint density at radius 3 is 2.52 bits per heavy atom. The molecule has 1 amide bonds. The summed E-state index contributed by atoms with van der Waals surface area (Å²) in [5, 5.41) is 6.60. The molecule has 0 spiro atoms. The number of nitrogens with zero attached hydrogens (tertiary/aromatic N) is 3. The average molecular weight is 450 g/mol. The molecule has 0 N–H and O–H groups in total. The highest BCUT2D eigenvalue weighted by Crippen LogP contribution is 2.39. The number of hydrazone groups is 1. The number of piperidine rings is 1. The lowest BCUT2D eigenvalue weighted by Gasteiger charge is -2.31. The van der Waals surface area contributed by atoms with Crippen molar-refractivity contribution in [3.8, 4) is 11.5 Å². The lowest BCUT2D eigenvalue weighted by Crippen LogP contribution is -2.41. The summed E-state index contributed by atoms with van der Waals surface area (Å²) in [6.07, 6.45) is 2.93. The Bertz CT molecular complexity index is 1040. The SMILES string of the molecule is COc1ccc([C@@H]2CC(c3cc(C)ccc3C)=NN2C(=O)CN2CCC(C)CC2)c(OC)c1. The summed E-state index contributed by atoms with van der Waals surface area (Å²) in [7, 11) is 3.29. The number of ether oxygens (including phenoxy) is 2. The minimum atomic E-state index is -0.211. The van der Waals surface area contributed by atoms with E-state index < -0.39 is 0 Å². The van der Waals surface area contributed by atoms with E-state index in [9.17, 15) is 4.79 Å². The van der Waals surface area contributed by atoms with Crippen molar-refractivity contribution >= 4 is 11.6 Å². The highest BCUT2D eigenvalue weighted by atomic mass is 16.5. The molecular weight excluding hydrogens is 414 g/mol. The van der Waals surface area contributed by atoms with E-state index in [0.29, 0.717) is 18.7 Å². The normalized spacial score (nSPS) is 19.5. The smallest absolute Gasteiger partial charge is 0.257 e. The topological polar surface area (TPSA) is 54.4 Å². The van der Waals surface area contributed by atoms with Crippen LogP contribution in [0.3, 0.4) is 0 Å². The predicted octanol–water partition coefficient (Wildman–Crippen LogP) is 4.73. The van der Waals surface area contributed by atoms with Gasteiger partial charge in [-0.1, -0.05) is 24.6 Å². The van der Waals surface area contributed by atoms with Gasteiger partial charge in [0.05, 0.1) is 32.5 Å². The summed E-state index contributed by atoms with van der Waals surface area (Å²) in [6, 6.07) is 12.0. The van der Waals surface area contributed by atoms with Gasteiger partial charge in [-0.2, -0.15) is 5.10 Å². The van der Waals surface area contributed by atoms with Crippen molar-refractivity contribution < 1.29 is 14.3 Å².